The number of phosphoric ester groups is 1. The van der Waals surface area contributed by atoms with Gasteiger partial charge in [-0.1, -0.05) is 19.4 Å². The number of carbonyl (C=O) groups is 2. The van der Waals surface area contributed by atoms with Gasteiger partial charge >= 0.3 is 59.1 Å². The first-order valence-corrected chi connectivity index (χ1v) is 12.0. The first kappa shape index (κ1) is 28.4. The van der Waals surface area contributed by atoms with E-state index in [2.05, 4.69) is 11.4 Å². The Hall–Kier alpha value is 1.15. The van der Waals surface area contributed by atoms with Crippen molar-refractivity contribution in [3.63, 3.8) is 0 Å². The molecule has 3 saturated carbocycles. The topological polar surface area (TPSA) is 127 Å². The summed E-state index contributed by atoms with van der Waals surface area (Å²) in [4.78, 5) is 46.2. The molecule has 3 fully saturated rings. The van der Waals surface area contributed by atoms with E-state index in [-0.39, 0.29) is 82.7 Å². The summed E-state index contributed by atoms with van der Waals surface area (Å²) in [6.07, 6.45) is 7.58. The van der Waals surface area contributed by atoms with Gasteiger partial charge in [0.05, 0.1) is 7.82 Å². The maximum absolute atomic E-state index is 12.7. The van der Waals surface area contributed by atoms with Crippen LogP contribution in [-0.2, 0) is 18.7 Å². The van der Waals surface area contributed by atoms with Crippen LogP contribution in [0.25, 0.3) is 0 Å². The number of Topliss-reactive ketones (excluding diaryl/α,β-unsaturated/α-hetero) is 1. The molecular formula is C21H29Na2O7P. The second kappa shape index (κ2) is 9.66. The van der Waals surface area contributed by atoms with E-state index < -0.39 is 31.2 Å². The fourth-order valence-electron chi connectivity index (χ4n) is 7.29. The molecule has 0 spiro atoms. The maximum Gasteiger partial charge on any atom is 1.00 e. The Labute approximate surface area is 228 Å². The zero-order valence-electron chi connectivity index (χ0n) is 19.0. The van der Waals surface area contributed by atoms with Crippen molar-refractivity contribution < 1.29 is 92.7 Å². The van der Waals surface area contributed by atoms with Crippen LogP contribution in [0, 0.1) is 28.6 Å². The number of fused-ring (bicyclic) bond motifs is 5. The number of ketones is 2. The van der Waals surface area contributed by atoms with Crippen LogP contribution in [0.15, 0.2) is 11.6 Å². The molecule has 0 aromatic rings. The average molecular weight is 470 g/mol. The Morgan fingerprint density at radius 1 is 1.13 bits per heavy atom. The van der Waals surface area contributed by atoms with Gasteiger partial charge in [-0.25, -0.2) is 0 Å². The van der Waals surface area contributed by atoms with Gasteiger partial charge in [0.15, 0.2) is 11.6 Å². The molecule has 0 aromatic carbocycles. The molecule has 4 aliphatic carbocycles. The molecule has 162 valence electrons. The number of hydrogen-bond acceptors (Lipinski definition) is 7. The molecular weight excluding hydrogens is 441 g/mol. The number of allylic oxidation sites excluding steroid dienone is 1. The van der Waals surface area contributed by atoms with Crippen LogP contribution in [0.5, 0.6) is 0 Å². The Balaban J connectivity index is 0.00000171. The molecule has 0 amide bonds. The largest absolute Gasteiger partial charge is 1.00 e. The summed E-state index contributed by atoms with van der Waals surface area (Å²) in [7, 11) is -5.27. The van der Waals surface area contributed by atoms with Crippen LogP contribution in [0.3, 0.4) is 0 Å². The van der Waals surface area contributed by atoms with Crippen molar-refractivity contribution >= 4 is 19.4 Å². The summed E-state index contributed by atoms with van der Waals surface area (Å²) in [5.74, 6) is 0.436. The zero-order valence-corrected chi connectivity index (χ0v) is 23.9. The monoisotopic (exact) mass is 470 g/mol. The number of hydrogen-bond donors (Lipinski definition) is 1. The van der Waals surface area contributed by atoms with Crippen LogP contribution in [0.4, 0.5) is 0 Å². The summed E-state index contributed by atoms with van der Waals surface area (Å²) < 4.78 is 15.0. The number of aliphatic hydroxyl groups is 1. The van der Waals surface area contributed by atoms with Gasteiger partial charge in [0.25, 0.3) is 0 Å². The van der Waals surface area contributed by atoms with Crippen molar-refractivity contribution in [2.75, 3.05) is 6.61 Å². The molecule has 4 rings (SSSR count). The van der Waals surface area contributed by atoms with E-state index in [9.17, 15) is 29.0 Å². The van der Waals surface area contributed by atoms with E-state index in [1.165, 1.54) is 5.57 Å². The molecule has 10 heteroatoms. The predicted octanol–water partition coefficient (Wildman–Crippen LogP) is -4.33. The standard InChI is InChI=1S/C21H31O7P.2Na/c1-19-8-5-14(22)11-13(19)3-4-15-16(19)6-9-20(2)17(15)7-10-21(20,24)18(23)12-28-29(25,26)27;;/h11,15-17,24H,3-10,12H2,1-2H3,(H2,25,26,27);;/q;2*+1/p-2/t15?,16?,17?,19-,20-,21-;;/m0../s1. The summed E-state index contributed by atoms with van der Waals surface area (Å²) in [5, 5.41) is 11.4. The molecule has 6 atom stereocenters. The molecule has 7 nitrogen and oxygen atoms in total. The van der Waals surface area contributed by atoms with Crippen molar-refractivity contribution in [2.45, 2.75) is 70.8 Å². The smallest absolute Gasteiger partial charge is 0.790 e. The molecule has 0 radical (unpaired) electrons. The molecule has 0 heterocycles. The molecule has 4 aliphatic rings. The average Bonchev–Trinajstić information content (AvgIpc) is 2.92. The van der Waals surface area contributed by atoms with E-state index >= 15 is 0 Å². The van der Waals surface area contributed by atoms with Crippen molar-refractivity contribution in [3.05, 3.63) is 11.6 Å². The first-order chi connectivity index (χ1) is 13.4. The van der Waals surface area contributed by atoms with Gasteiger partial charge in [-0.05, 0) is 74.2 Å². The minimum absolute atomic E-state index is 0. The summed E-state index contributed by atoms with van der Waals surface area (Å²) >= 11 is 0. The van der Waals surface area contributed by atoms with Gasteiger partial charge in [0.2, 0.25) is 0 Å². The number of carbonyl (C=O) groups excluding carboxylic acids is 2. The molecule has 1 N–H and O–H groups in total. The van der Waals surface area contributed by atoms with Gasteiger partial charge in [0.1, 0.15) is 12.2 Å². The number of phosphoric acid groups is 1. The molecule has 0 saturated heterocycles. The third-order valence-corrected chi connectivity index (χ3v) is 9.37. The van der Waals surface area contributed by atoms with E-state index in [0.717, 1.165) is 25.7 Å². The molecule has 0 aromatic heterocycles. The second-order valence-corrected chi connectivity index (χ2v) is 11.1. The quantitative estimate of drug-likeness (QED) is 0.325. The van der Waals surface area contributed by atoms with Crippen molar-refractivity contribution in [2.24, 2.45) is 28.6 Å². The van der Waals surface area contributed by atoms with Gasteiger partial charge in [-0.2, -0.15) is 0 Å². The Morgan fingerprint density at radius 2 is 1.77 bits per heavy atom. The molecule has 0 bridgehead atoms. The fraction of sp³-hybridized carbons (Fsp3) is 0.810. The third kappa shape index (κ3) is 4.69. The molecule has 0 aliphatic heterocycles. The third-order valence-electron chi connectivity index (χ3n) is 8.93. The van der Waals surface area contributed by atoms with E-state index in [4.69, 9.17) is 0 Å². The maximum atomic E-state index is 12.7. The first-order valence-electron chi connectivity index (χ1n) is 10.6. The normalized spacial score (nSPS) is 41.6. The van der Waals surface area contributed by atoms with Crippen LogP contribution in [-0.4, -0.2) is 28.9 Å². The van der Waals surface area contributed by atoms with Crippen LogP contribution < -0.4 is 68.9 Å². The summed E-state index contributed by atoms with van der Waals surface area (Å²) in [5.41, 5.74) is -1.06. The van der Waals surface area contributed by atoms with Gasteiger partial charge < -0.3 is 24.0 Å². The minimum atomic E-state index is -5.27. The predicted molar refractivity (Wildman–Crippen MR) is 100 cm³/mol. The Bertz CT molecular complexity index is 827. The SMILES string of the molecule is C[C@]12CCC(=O)C=C1CCC1C2CC[C@@]2(C)C1CC[C@]2(O)C(=O)COP(=O)([O-])[O-].[Na+].[Na+]. The van der Waals surface area contributed by atoms with Crippen molar-refractivity contribution in [1.29, 1.82) is 0 Å². The molecule has 3 unspecified atom stereocenters. The van der Waals surface area contributed by atoms with E-state index in [1.807, 2.05) is 13.0 Å². The van der Waals surface area contributed by atoms with Gasteiger partial charge in [-0.3, -0.25) is 9.59 Å². The van der Waals surface area contributed by atoms with E-state index in [1.54, 1.807) is 0 Å². The van der Waals surface area contributed by atoms with Crippen LogP contribution in [0.1, 0.15) is 65.2 Å². The number of rotatable bonds is 4. The van der Waals surface area contributed by atoms with Crippen LogP contribution in [0.2, 0.25) is 0 Å². The fourth-order valence-corrected chi connectivity index (χ4v) is 7.57. The van der Waals surface area contributed by atoms with E-state index in [0.29, 0.717) is 31.1 Å². The van der Waals surface area contributed by atoms with Gasteiger partial charge in [0, 0.05) is 11.8 Å². The van der Waals surface area contributed by atoms with Gasteiger partial charge in [-0.15, -0.1) is 0 Å². The Kier molecular flexibility index (Phi) is 8.84. The zero-order chi connectivity index (χ0) is 21.2. The summed E-state index contributed by atoms with van der Waals surface area (Å²) in [6, 6.07) is 0. The summed E-state index contributed by atoms with van der Waals surface area (Å²) in [6.45, 7) is 3.31. The Morgan fingerprint density at radius 3 is 2.42 bits per heavy atom. The second-order valence-electron chi connectivity index (χ2n) is 9.97. The van der Waals surface area contributed by atoms with Crippen molar-refractivity contribution in [3.8, 4) is 0 Å². The molecule has 31 heavy (non-hydrogen) atoms. The van der Waals surface area contributed by atoms with Crippen LogP contribution >= 0.6 is 7.82 Å². The van der Waals surface area contributed by atoms with Crippen molar-refractivity contribution in [1.82, 2.24) is 0 Å². The minimum Gasteiger partial charge on any atom is -0.790 e.